The molecule has 3 rings (SSSR count). The molecule has 0 spiro atoms. The van der Waals surface area contributed by atoms with Gasteiger partial charge in [0.2, 0.25) is 0 Å². The second-order valence-electron chi connectivity index (χ2n) is 7.18. The van der Waals surface area contributed by atoms with E-state index < -0.39 is 0 Å². The first kappa shape index (κ1) is 22.4. The summed E-state index contributed by atoms with van der Waals surface area (Å²) in [7, 11) is 1.84. The van der Waals surface area contributed by atoms with Gasteiger partial charge in [-0.05, 0) is 50.7 Å². The van der Waals surface area contributed by atoms with Gasteiger partial charge in [0.1, 0.15) is 0 Å². The molecule has 1 aromatic heterocycles. The number of aromatic nitrogens is 1. The van der Waals surface area contributed by atoms with Crippen LogP contribution < -0.4 is 5.32 Å². The Hall–Kier alpha value is -0.930. The van der Waals surface area contributed by atoms with Gasteiger partial charge >= 0.3 is 0 Å². The topological polar surface area (TPSA) is 59.0 Å². The number of pyridine rings is 1. The smallest absolute Gasteiger partial charge is 0.193 e. The highest BCUT2D eigenvalue weighted by Crippen LogP contribution is 2.18. The first-order valence-corrected chi connectivity index (χ1v) is 9.85. The number of hydrogen-bond acceptors (Lipinski definition) is 4. The van der Waals surface area contributed by atoms with Crippen molar-refractivity contribution in [2.24, 2.45) is 4.99 Å². The van der Waals surface area contributed by atoms with Crippen LogP contribution in [0.4, 0.5) is 0 Å². The van der Waals surface area contributed by atoms with Crippen LogP contribution in [0.1, 0.15) is 43.4 Å². The molecule has 0 saturated carbocycles. The van der Waals surface area contributed by atoms with Crippen LogP contribution in [0.5, 0.6) is 0 Å². The van der Waals surface area contributed by atoms with Crippen molar-refractivity contribution in [2.75, 3.05) is 33.4 Å². The van der Waals surface area contributed by atoms with E-state index in [0.29, 0.717) is 18.8 Å². The summed E-state index contributed by atoms with van der Waals surface area (Å²) in [6.07, 6.45) is 8.16. The molecule has 3 heterocycles. The summed E-state index contributed by atoms with van der Waals surface area (Å²) in [6.45, 7) is 6.37. The van der Waals surface area contributed by atoms with Gasteiger partial charge in [0.25, 0.3) is 0 Å². The van der Waals surface area contributed by atoms with Crippen LogP contribution in [-0.4, -0.2) is 61.4 Å². The van der Waals surface area contributed by atoms with Crippen LogP contribution in [0.2, 0.25) is 0 Å². The van der Waals surface area contributed by atoms with E-state index in [-0.39, 0.29) is 24.0 Å². The van der Waals surface area contributed by atoms with E-state index in [1.54, 1.807) is 0 Å². The Bertz CT molecular complexity index is 585. The minimum absolute atomic E-state index is 0. The zero-order valence-corrected chi connectivity index (χ0v) is 18.9. The van der Waals surface area contributed by atoms with Crippen molar-refractivity contribution in [3.63, 3.8) is 0 Å². The zero-order chi connectivity index (χ0) is 18.2. The van der Waals surface area contributed by atoms with E-state index in [4.69, 9.17) is 9.47 Å². The van der Waals surface area contributed by atoms with Crippen LogP contribution in [0.15, 0.2) is 23.3 Å². The molecule has 2 saturated heterocycles. The second-order valence-corrected chi connectivity index (χ2v) is 7.18. The molecule has 7 heteroatoms. The van der Waals surface area contributed by atoms with Crippen molar-refractivity contribution in [3.05, 3.63) is 29.6 Å². The fraction of sp³-hybridized carbons (Fsp3) is 0.700. The van der Waals surface area contributed by atoms with Crippen LogP contribution in [0.3, 0.4) is 0 Å². The van der Waals surface area contributed by atoms with Gasteiger partial charge in [0.05, 0.1) is 31.1 Å². The molecule has 1 atom stereocenters. The van der Waals surface area contributed by atoms with E-state index in [9.17, 15) is 0 Å². The number of guanidine groups is 1. The number of nitrogens with one attached hydrogen (secondary N) is 1. The summed E-state index contributed by atoms with van der Waals surface area (Å²) in [5.41, 5.74) is 2.27. The lowest BCUT2D eigenvalue weighted by atomic mass is 10.1. The second kappa shape index (κ2) is 11.8. The molecule has 6 nitrogen and oxygen atoms in total. The quantitative estimate of drug-likeness (QED) is 0.392. The van der Waals surface area contributed by atoms with Gasteiger partial charge in [-0.3, -0.25) is 9.98 Å². The van der Waals surface area contributed by atoms with Gasteiger partial charge in [-0.1, -0.05) is 6.07 Å². The van der Waals surface area contributed by atoms with Crippen LogP contribution in [-0.2, 0) is 16.0 Å². The highest BCUT2D eigenvalue weighted by Gasteiger charge is 2.23. The number of halogens is 1. The number of rotatable bonds is 5. The average Bonchev–Trinajstić information content (AvgIpc) is 2.70. The lowest BCUT2D eigenvalue weighted by Gasteiger charge is -2.35. The maximum atomic E-state index is 6.11. The number of aryl methyl sites for hydroxylation is 1. The van der Waals surface area contributed by atoms with Crippen LogP contribution in [0, 0.1) is 6.92 Å². The highest BCUT2D eigenvalue weighted by atomic mass is 127. The van der Waals surface area contributed by atoms with Gasteiger partial charge in [0, 0.05) is 32.9 Å². The Morgan fingerprint density at radius 1 is 1.33 bits per heavy atom. The third kappa shape index (κ3) is 6.87. The van der Waals surface area contributed by atoms with E-state index in [1.807, 2.05) is 19.3 Å². The Morgan fingerprint density at radius 2 is 2.15 bits per heavy atom. The first-order chi connectivity index (χ1) is 12.8. The van der Waals surface area contributed by atoms with Gasteiger partial charge in [-0.2, -0.15) is 0 Å². The molecule has 2 fully saturated rings. The van der Waals surface area contributed by atoms with Crippen LogP contribution in [0.25, 0.3) is 0 Å². The molecule has 1 N–H and O–H groups in total. The summed E-state index contributed by atoms with van der Waals surface area (Å²) in [5, 5.41) is 3.45. The number of nitrogens with zero attached hydrogens (tertiary/aromatic N) is 3. The van der Waals surface area contributed by atoms with E-state index >= 15 is 0 Å². The molecular weight excluding hydrogens is 455 g/mol. The molecule has 27 heavy (non-hydrogen) atoms. The SMILES string of the molecule is CN=C(NCc1ncccc1C)N1CCC(OCC2CCCCO2)CC1.I. The predicted octanol–water partition coefficient (Wildman–Crippen LogP) is 3.13. The molecule has 0 aromatic carbocycles. The van der Waals surface area contributed by atoms with Crippen molar-refractivity contribution < 1.29 is 9.47 Å². The number of likely N-dealkylation sites (tertiary alicyclic amines) is 1. The van der Waals surface area contributed by atoms with Gasteiger partial charge in [-0.15, -0.1) is 24.0 Å². The predicted molar refractivity (Wildman–Crippen MR) is 119 cm³/mol. The summed E-state index contributed by atoms with van der Waals surface area (Å²) >= 11 is 0. The molecule has 0 aliphatic carbocycles. The molecule has 152 valence electrons. The summed E-state index contributed by atoms with van der Waals surface area (Å²) in [6, 6.07) is 4.06. The molecule has 2 aliphatic rings. The van der Waals surface area contributed by atoms with E-state index in [0.717, 1.165) is 57.2 Å². The fourth-order valence-electron chi connectivity index (χ4n) is 3.62. The first-order valence-electron chi connectivity index (χ1n) is 9.85. The van der Waals surface area contributed by atoms with Gasteiger partial charge in [0.15, 0.2) is 5.96 Å². The molecule has 0 bridgehead atoms. The standard InChI is InChI=1S/C20H32N4O2.HI/c1-16-6-5-10-22-19(16)14-23-20(21-2)24-11-8-17(9-12-24)26-15-18-7-3-4-13-25-18;/h5-6,10,17-18H,3-4,7-9,11-15H2,1-2H3,(H,21,23);1H. The largest absolute Gasteiger partial charge is 0.376 e. The number of piperidine rings is 1. The molecule has 2 aliphatic heterocycles. The zero-order valence-electron chi connectivity index (χ0n) is 16.5. The van der Waals surface area contributed by atoms with Crippen LogP contribution >= 0.6 is 24.0 Å². The highest BCUT2D eigenvalue weighted by molar-refractivity contribution is 14.0. The lowest BCUT2D eigenvalue weighted by Crippen LogP contribution is -2.47. The van der Waals surface area contributed by atoms with E-state index in [2.05, 4.69) is 33.2 Å². The maximum Gasteiger partial charge on any atom is 0.193 e. The number of ether oxygens (including phenoxy) is 2. The van der Waals surface area contributed by atoms with Crippen molar-refractivity contribution in [1.82, 2.24) is 15.2 Å². The number of hydrogen-bond donors (Lipinski definition) is 1. The molecule has 1 aromatic rings. The third-order valence-electron chi connectivity index (χ3n) is 5.28. The summed E-state index contributed by atoms with van der Waals surface area (Å²) in [5.74, 6) is 0.948. The normalized spacial score (nSPS) is 21.6. The average molecular weight is 488 g/mol. The fourth-order valence-corrected chi connectivity index (χ4v) is 3.62. The van der Waals surface area contributed by atoms with Gasteiger partial charge < -0.3 is 19.7 Å². The minimum Gasteiger partial charge on any atom is -0.376 e. The molecular formula is C20H33IN4O2. The van der Waals surface area contributed by atoms with E-state index in [1.165, 1.54) is 18.4 Å². The third-order valence-corrected chi connectivity index (χ3v) is 5.28. The maximum absolute atomic E-state index is 6.11. The molecule has 0 radical (unpaired) electrons. The summed E-state index contributed by atoms with van der Waals surface area (Å²) < 4.78 is 11.9. The lowest BCUT2D eigenvalue weighted by molar-refractivity contribution is -0.0721. The monoisotopic (exact) mass is 488 g/mol. The van der Waals surface area contributed by atoms with Gasteiger partial charge in [-0.25, -0.2) is 0 Å². The van der Waals surface area contributed by atoms with Crippen molar-refractivity contribution >= 4 is 29.9 Å². The molecule has 1 unspecified atom stereocenters. The van der Waals surface area contributed by atoms with Crippen molar-refractivity contribution in [1.29, 1.82) is 0 Å². The van der Waals surface area contributed by atoms with Crippen molar-refractivity contribution in [2.45, 2.75) is 57.8 Å². The Kier molecular flexibility index (Phi) is 9.78. The Morgan fingerprint density at radius 3 is 2.81 bits per heavy atom. The Balaban J connectivity index is 0.00000261. The van der Waals surface area contributed by atoms with Crippen molar-refractivity contribution in [3.8, 4) is 0 Å². The minimum atomic E-state index is 0. The molecule has 0 amide bonds. The number of aliphatic imine (C=N–C) groups is 1. The Labute approximate surface area is 180 Å². The summed E-state index contributed by atoms with van der Waals surface area (Å²) in [4.78, 5) is 11.2.